The van der Waals surface area contributed by atoms with E-state index in [0.29, 0.717) is 0 Å². The van der Waals surface area contributed by atoms with Crippen molar-refractivity contribution in [2.75, 3.05) is 14.2 Å². The molecule has 0 saturated carbocycles. The molecule has 0 radical (unpaired) electrons. The van der Waals surface area contributed by atoms with E-state index < -0.39 is 9.28 Å². The maximum absolute atomic E-state index is 8.35. The van der Waals surface area contributed by atoms with Gasteiger partial charge in [0.15, 0.2) is 0 Å². The largest absolute Gasteiger partial charge is 0.400 e. The van der Waals surface area contributed by atoms with Gasteiger partial charge in [-0.15, -0.1) is 0 Å². The molecule has 0 aromatic rings. The van der Waals surface area contributed by atoms with Crippen LogP contribution in [0.5, 0.6) is 0 Å². The summed E-state index contributed by atoms with van der Waals surface area (Å²) in [6, 6.07) is 1.05. The van der Waals surface area contributed by atoms with Crippen molar-refractivity contribution in [1.82, 2.24) is 0 Å². The molecule has 10 heavy (non-hydrogen) atoms. The summed E-state index contributed by atoms with van der Waals surface area (Å²) in [5, 5.41) is 5.40. The van der Waals surface area contributed by atoms with Gasteiger partial charge in [-0.1, -0.05) is 6.92 Å². The van der Waals surface area contributed by atoms with Crippen molar-refractivity contribution in [2.24, 2.45) is 0 Å². The first kappa shape index (κ1) is 12.2. The summed E-state index contributed by atoms with van der Waals surface area (Å²) in [6.45, 7) is 2.07. The number of hydrogen-bond acceptors (Lipinski definition) is 4. The molecule has 60 valence electrons. The highest BCUT2D eigenvalue weighted by Gasteiger charge is 2.02. The SMILES string of the molecule is CC[SiH](OC)OC.N=C=O. The molecule has 0 aliphatic carbocycles. The lowest BCUT2D eigenvalue weighted by Gasteiger charge is -2.05. The van der Waals surface area contributed by atoms with Gasteiger partial charge in [-0.25, -0.2) is 10.2 Å². The highest BCUT2D eigenvalue weighted by Crippen LogP contribution is 1.89. The molecule has 0 spiro atoms. The second kappa shape index (κ2) is 11.3. The molecular weight excluding hydrogens is 150 g/mol. The van der Waals surface area contributed by atoms with E-state index in [9.17, 15) is 0 Å². The summed E-state index contributed by atoms with van der Waals surface area (Å²) < 4.78 is 9.93. The quantitative estimate of drug-likeness (QED) is 0.372. The molecule has 0 fully saturated rings. The molecule has 0 amide bonds. The molecule has 0 aromatic carbocycles. The van der Waals surface area contributed by atoms with Gasteiger partial charge < -0.3 is 8.85 Å². The van der Waals surface area contributed by atoms with E-state index >= 15 is 0 Å². The van der Waals surface area contributed by atoms with Crippen LogP contribution in [0.4, 0.5) is 0 Å². The third-order valence-electron chi connectivity index (χ3n) is 0.859. The Morgan fingerprint density at radius 1 is 1.50 bits per heavy atom. The van der Waals surface area contributed by atoms with Gasteiger partial charge in [0.2, 0.25) is 6.08 Å². The molecule has 4 nitrogen and oxygen atoms in total. The summed E-state index contributed by atoms with van der Waals surface area (Å²) in [5.41, 5.74) is 0. The molecule has 0 aliphatic rings. The Morgan fingerprint density at radius 3 is 1.80 bits per heavy atom. The third kappa shape index (κ3) is 10.5. The van der Waals surface area contributed by atoms with E-state index in [4.69, 9.17) is 19.1 Å². The normalized spacial score (nSPS) is 8.00. The topological polar surface area (TPSA) is 59.4 Å². The monoisotopic (exact) mass is 163 g/mol. The Labute approximate surface area is 62.5 Å². The summed E-state index contributed by atoms with van der Waals surface area (Å²) in [4.78, 5) is 8.35. The fraction of sp³-hybridized carbons (Fsp3) is 0.800. The summed E-state index contributed by atoms with van der Waals surface area (Å²) in [7, 11) is 2.23. The Balaban J connectivity index is 0. The molecule has 0 saturated heterocycles. The highest BCUT2D eigenvalue weighted by atomic mass is 28.3. The van der Waals surface area contributed by atoms with Crippen LogP contribution in [0.1, 0.15) is 6.92 Å². The second-order valence-electron chi connectivity index (χ2n) is 1.41. The van der Waals surface area contributed by atoms with E-state index in [1.165, 1.54) is 0 Å². The lowest BCUT2D eigenvalue weighted by atomic mass is 11.0. The fourth-order valence-corrected chi connectivity index (χ4v) is 1.29. The Kier molecular flexibility index (Phi) is 13.8. The maximum atomic E-state index is 8.35. The van der Waals surface area contributed by atoms with Crippen molar-refractivity contribution in [3.63, 3.8) is 0 Å². The van der Waals surface area contributed by atoms with Crippen molar-refractivity contribution in [1.29, 1.82) is 5.41 Å². The lowest BCUT2D eigenvalue weighted by Crippen LogP contribution is -2.16. The van der Waals surface area contributed by atoms with Crippen LogP contribution in [0.2, 0.25) is 6.04 Å². The zero-order valence-electron chi connectivity index (χ0n) is 6.51. The van der Waals surface area contributed by atoms with Crippen molar-refractivity contribution < 1.29 is 13.6 Å². The van der Waals surface area contributed by atoms with Crippen LogP contribution in [0, 0.1) is 5.41 Å². The van der Waals surface area contributed by atoms with Crippen molar-refractivity contribution >= 4 is 15.4 Å². The minimum atomic E-state index is -1.17. The molecule has 0 aliphatic heterocycles. The predicted molar refractivity (Wildman–Crippen MR) is 40.1 cm³/mol. The van der Waals surface area contributed by atoms with Gasteiger partial charge in [-0.2, -0.15) is 0 Å². The van der Waals surface area contributed by atoms with Crippen LogP contribution >= 0.6 is 0 Å². The van der Waals surface area contributed by atoms with Gasteiger partial charge in [0, 0.05) is 14.2 Å². The molecule has 0 aromatic heterocycles. The average molecular weight is 163 g/mol. The maximum Gasteiger partial charge on any atom is 0.320 e. The van der Waals surface area contributed by atoms with E-state index in [1.807, 2.05) is 0 Å². The molecule has 5 heteroatoms. The predicted octanol–water partition coefficient (Wildman–Crippen LogP) is 0.421. The first-order valence-electron chi connectivity index (χ1n) is 2.86. The Bertz CT molecular complexity index is 83.4. The molecule has 0 bridgehead atoms. The van der Waals surface area contributed by atoms with Crippen LogP contribution in [0.25, 0.3) is 0 Å². The van der Waals surface area contributed by atoms with Crippen molar-refractivity contribution in [3.8, 4) is 0 Å². The third-order valence-corrected chi connectivity index (χ3v) is 2.58. The Hall–Kier alpha value is -0.483. The van der Waals surface area contributed by atoms with Gasteiger partial charge in [0.05, 0.1) is 0 Å². The van der Waals surface area contributed by atoms with Gasteiger partial charge in [0.25, 0.3) is 0 Å². The first-order chi connectivity index (χ1) is 4.76. The number of hydrogen-bond donors (Lipinski definition) is 1. The van der Waals surface area contributed by atoms with Crippen LogP contribution < -0.4 is 0 Å². The van der Waals surface area contributed by atoms with E-state index in [-0.39, 0.29) is 0 Å². The van der Waals surface area contributed by atoms with Gasteiger partial charge in [-0.3, -0.25) is 0 Å². The van der Waals surface area contributed by atoms with Crippen LogP contribution in [0.15, 0.2) is 0 Å². The van der Waals surface area contributed by atoms with Gasteiger partial charge >= 0.3 is 9.28 Å². The molecule has 1 N–H and O–H groups in total. The zero-order chi connectivity index (χ0) is 8.41. The molecule has 0 heterocycles. The smallest absolute Gasteiger partial charge is 0.320 e. The fourth-order valence-electron chi connectivity index (χ4n) is 0.430. The van der Waals surface area contributed by atoms with Crippen LogP contribution in [-0.4, -0.2) is 29.6 Å². The standard InChI is InChI=1S/C4H12O2Si.CHNO/c1-4-7(5-2)6-3;2-1-3/h7H,4H2,1-3H3;2H. The van der Waals surface area contributed by atoms with Crippen LogP contribution in [-0.2, 0) is 13.6 Å². The summed E-state index contributed by atoms with van der Waals surface area (Å²) in [6.07, 6.45) is 0.750. The minimum absolute atomic E-state index is 0.750. The van der Waals surface area contributed by atoms with E-state index in [2.05, 4.69) is 6.92 Å². The average Bonchev–Trinajstić information content (AvgIpc) is 1.93. The van der Waals surface area contributed by atoms with E-state index in [1.54, 1.807) is 14.2 Å². The first-order valence-corrected chi connectivity index (χ1v) is 4.62. The molecule has 0 rings (SSSR count). The molecule has 0 unspecified atom stereocenters. The second-order valence-corrected chi connectivity index (χ2v) is 4.03. The summed E-state index contributed by atoms with van der Waals surface area (Å²) >= 11 is 0. The van der Waals surface area contributed by atoms with Crippen molar-refractivity contribution in [3.05, 3.63) is 0 Å². The number of nitrogens with one attached hydrogen (secondary N) is 1. The number of rotatable bonds is 3. The molecular formula is C5H13NO3Si. The van der Waals surface area contributed by atoms with Crippen molar-refractivity contribution in [2.45, 2.75) is 13.0 Å². The minimum Gasteiger partial charge on any atom is -0.400 e. The van der Waals surface area contributed by atoms with E-state index in [0.717, 1.165) is 12.1 Å². The zero-order valence-corrected chi connectivity index (χ0v) is 7.66. The Morgan fingerprint density at radius 2 is 1.80 bits per heavy atom. The van der Waals surface area contributed by atoms with Gasteiger partial charge in [0.1, 0.15) is 0 Å². The van der Waals surface area contributed by atoms with Crippen LogP contribution in [0.3, 0.4) is 0 Å². The number of isocyanates is 1. The lowest BCUT2D eigenvalue weighted by molar-refractivity contribution is 0.279. The molecule has 0 atom stereocenters. The highest BCUT2D eigenvalue weighted by molar-refractivity contribution is 6.44. The van der Waals surface area contributed by atoms with Gasteiger partial charge in [-0.05, 0) is 6.04 Å². The summed E-state index contributed by atoms with van der Waals surface area (Å²) in [5.74, 6) is 0. The number of carbonyl (C=O) groups excluding carboxylic acids is 1.